The molecule has 0 aromatic heterocycles. The number of halogens is 1. The van der Waals surface area contributed by atoms with Crippen LogP contribution in [0.4, 0.5) is 0 Å². The second kappa shape index (κ2) is 4.80. The molecule has 0 aliphatic heterocycles. The predicted molar refractivity (Wildman–Crippen MR) is 61.8 cm³/mol. The number of hydrogen-bond acceptors (Lipinski definition) is 0. The maximum atomic E-state index is 3.54. The summed E-state index contributed by atoms with van der Waals surface area (Å²) in [5.74, 6) is 1.37. The lowest BCUT2D eigenvalue weighted by molar-refractivity contribution is 0.917. The molecule has 0 unspecified atom stereocenters. The van der Waals surface area contributed by atoms with Crippen molar-refractivity contribution < 1.29 is 0 Å². The Balaban J connectivity index is 2.96. The van der Waals surface area contributed by atoms with Crippen molar-refractivity contribution in [2.75, 3.05) is 0 Å². The van der Waals surface area contributed by atoms with Crippen LogP contribution in [0.1, 0.15) is 38.3 Å². The molecular formula is C12H16Br. The zero-order valence-electron chi connectivity index (χ0n) is 8.52. The summed E-state index contributed by atoms with van der Waals surface area (Å²) in [7, 11) is 0. The first-order valence-corrected chi connectivity index (χ1v) is 5.52. The minimum Gasteiger partial charge on any atom is -0.0651 e. The predicted octanol–water partition coefficient (Wildman–Crippen LogP) is 4.36. The van der Waals surface area contributed by atoms with E-state index in [0.717, 1.165) is 0 Å². The van der Waals surface area contributed by atoms with E-state index < -0.39 is 0 Å². The first kappa shape index (κ1) is 10.8. The number of benzene rings is 1. The molecule has 1 rings (SSSR count). The van der Waals surface area contributed by atoms with E-state index in [1.165, 1.54) is 34.4 Å². The Bertz CT molecular complexity index is 276. The lowest BCUT2D eigenvalue weighted by Gasteiger charge is -2.08. The van der Waals surface area contributed by atoms with Gasteiger partial charge in [0, 0.05) is 4.47 Å². The normalized spacial score (nSPS) is 10.8. The molecule has 0 atom stereocenters. The molecule has 0 heterocycles. The van der Waals surface area contributed by atoms with Gasteiger partial charge in [0.25, 0.3) is 0 Å². The van der Waals surface area contributed by atoms with E-state index in [-0.39, 0.29) is 0 Å². The van der Waals surface area contributed by atoms with Gasteiger partial charge in [-0.15, -0.1) is 0 Å². The molecule has 0 nitrogen and oxygen atoms in total. The lowest BCUT2D eigenvalue weighted by Crippen LogP contribution is -1.91. The van der Waals surface area contributed by atoms with E-state index in [4.69, 9.17) is 0 Å². The van der Waals surface area contributed by atoms with Gasteiger partial charge in [-0.05, 0) is 35.6 Å². The summed E-state index contributed by atoms with van der Waals surface area (Å²) in [5.41, 5.74) is 2.77. The highest BCUT2D eigenvalue weighted by Gasteiger charge is 2.02. The summed E-state index contributed by atoms with van der Waals surface area (Å²) in [6.45, 7) is 6.51. The average molecular weight is 240 g/mol. The van der Waals surface area contributed by atoms with E-state index in [0.29, 0.717) is 0 Å². The molecule has 13 heavy (non-hydrogen) atoms. The van der Waals surface area contributed by atoms with Gasteiger partial charge >= 0.3 is 0 Å². The van der Waals surface area contributed by atoms with Crippen LogP contribution in [0.3, 0.4) is 0 Å². The Labute approximate surface area is 89.5 Å². The van der Waals surface area contributed by atoms with E-state index >= 15 is 0 Å². The van der Waals surface area contributed by atoms with Crippen molar-refractivity contribution in [3.8, 4) is 0 Å². The molecule has 0 aliphatic rings. The number of hydrogen-bond donors (Lipinski definition) is 0. The smallest absolute Gasteiger partial charge is 0.0180 e. The van der Waals surface area contributed by atoms with Crippen LogP contribution in [0, 0.1) is 5.92 Å². The molecule has 1 aromatic carbocycles. The summed E-state index contributed by atoms with van der Waals surface area (Å²) in [6, 6.07) is 6.66. The highest BCUT2D eigenvalue weighted by molar-refractivity contribution is 9.10. The maximum absolute atomic E-state index is 3.54. The van der Waals surface area contributed by atoms with Crippen molar-refractivity contribution in [1.29, 1.82) is 0 Å². The Morgan fingerprint density at radius 3 is 2.46 bits per heavy atom. The van der Waals surface area contributed by atoms with Crippen molar-refractivity contribution >= 4 is 15.9 Å². The molecule has 0 amide bonds. The molecular weight excluding hydrogens is 224 g/mol. The van der Waals surface area contributed by atoms with Crippen LogP contribution in [0.2, 0.25) is 0 Å². The van der Waals surface area contributed by atoms with Crippen molar-refractivity contribution in [3.63, 3.8) is 0 Å². The Kier molecular flexibility index (Phi) is 3.98. The van der Waals surface area contributed by atoms with Gasteiger partial charge in [-0.2, -0.15) is 0 Å². The van der Waals surface area contributed by atoms with Gasteiger partial charge in [0.15, 0.2) is 0 Å². The molecule has 0 aliphatic carbocycles. The standard InChI is InChI=1S/C12H16Br/c1-4-5-10-6-11(9(2)3)8-12(13)7-10/h6-8H,4-5H2,1-3H3. The van der Waals surface area contributed by atoms with Crippen LogP contribution in [0.5, 0.6) is 0 Å². The average Bonchev–Trinajstić information content (AvgIpc) is 2.03. The van der Waals surface area contributed by atoms with Crippen LogP contribution in [0.25, 0.3) is 0 Å². The van der Waals surface area contributed by atoms with Gasteiger partial charge in [-0.25, -0.2) is 0 Å². The van der Waals surface area contributed by atoms with Crippen LogP contribution < -0.4 is 0 Å². The minimum atomic E-state index is 1.17. The van der Waals surface area contributed by atoms with Gasteiger partial charge in [-0.3, -0.25) is 0 Å². The van der Waals surface area contributed by atoms with Crippen molar-refractivity contribution in [2.24, 2.45) is 0 Å². The third-order valence-electron chi connectivity index (χ3n) is 2.07. The second-order valence-corrected chi connectivity index (χ2v) is 4.51. The molecule has 71 valence electrons. The molecule has 1 aromatic rings. The van der Waals surface area contributed by atoms with Crippen molar-refractivity contribution in [1.82, 2.24) is 0 Å². The van der Waals surface area contributed by atoms with Crippen LogP contribution in [-0.2, 0) is 6.42 Å². The van der Waals surface area contributed by atoms with E-state index in [2.05, 4.69) is 54.9 Å². The van der Waals surface area contributed by atoms with Gasteiger partial charge in [-0.1, -0.05) is 49.2 Å². The quantitative estimate of drug-likeness (QED) is 0.736. The molecule has 0 spiro atoms. The summed E-state index contributed by atoms with van der Waals surface area (Å²) in [6.07, 6.45) is 2.37. The molecule has 0 fully saturated rings. The zero-order chi connectivity index (χ0) is 9.84. The van der Waals surface area contributed by atoms with Gasteiger partial charge in [0.2, 0.25) is 0 Å². The summed E-state index contributed by atoms with van der Waals surface area (Å²) in [4.78, 5) is 0. The highest BCUT2D eigenvalue weighted by atomic mass is 79.9. The highest BCUT2D eigenvalue weighted by Crippen LogP contribution is 2.22. The molecule has 0 bridgehead atoms. The van der Waals surface area contributed by atoms with Crippen LogP contribution in [-0.4, -0.2) is 0 Å². The third-order valence-corrected chi connectivity index (χ3v) is 2.53. The Morgan fingerprint density at radius 2 is 1.92 bits per heavy atom. The summed E-state index contributed by atoms with van der Waals surface area (Å²) < 4.78 is 1.19. The first-order valence-electron chi connectivity index (χ1n) is 4.73. The minimum absolute atomic E-state index is 1.17. The molecule has 0 saturated heterocycles. The molecule has 0 N–H and O–H groups in total. The first-order chi connectivity index (χ1) is 6.13. The topological polar surface area (TPSA) is 0 Å². The molecule has 1 radical (unpaired) electrons. The van der Waals surface area contributed by atoms with Gasteiger partial charge in [0.1, 0.15) is 0 Å². The van der Waals surface area contributed by atoms with Crippen molar-refractivity contribution in [2.45, 2.75) is 33.6 Å². The van der Waals surface area contributed by atoms with Crippen LogP contribution >= 0.6 is 15.9 Å². The summed E-state index contributed by atoms with van der Waals surface area (Å²) >= 11 is 3.54. The fraction of sp³-hybridized carbons (Fsp3) is 0.417. The Morgan fingerprint density at radius 1 is 1.23 bits per heavy atom. The third kappa shape index (κ3) is 3.15. The maximum Gasteiger partial charge on any atom is 0.0180 e. The van der Waals surface area contributed by atoms with E-state index in [9.17, 15) is 0 Å². The summed E-state index contributed by atoms with van der Waals surface area (Å²) in [5, 5.41) is 0. The monoisotopic (exact) mass is 239 g/mol. The Hall–Kier alpha value is -0.300. The SMILES string of the molecule is CCCc1cc(Br)cc([C](C)C)c1. The number of rotatable bonds is 3. The zero-order valence-corrected chi connectivity index (χ0v) is 10.1. The largest absolute Gasteiger partial charge is 0.0651 e. The van der Waals surface area contributed by atoms with Gasteiger partial charge in [0.05, 0.1) is 0 Å². The van der Waals surface area contributed by atoms with Gasteiger partial charge < -0.3 is 0 Å². The molecule has 0 saturated carbocycles. The van der Waals surface area contributed by atoms with Crippen molar-refractivity contribution in [3.05, 3.63) is 39.7 Å². The number of aryl methyl sites for hydroxylation is 1. The second-order valence-electron chi connectivity index (χ2n) is 3.60. The van der Waals surface area contributed by atoms with Crippen LogP contribution in [0.15, 0.2) is 22.7 Å². The van der Waals surface area contributed by atoms with E-state index in [1.54, 1.807) is 0 Å². The fourth-order valence-corrected chi connectivity index (χ4v) is 1.91. The molecule has 1 heteroatoms. The fourth-order valence-electron chi connectivity index (χ4n) is 1.37. The van der Waals surface area contributed by atoms with E-state index in [1.807, 2.05) is 0 Å². The lowest BCUT2D eigenvalue weighted by atomic mass is 9.99.